The summed E-state index contributed by atoms with van der Waals surface area (Å²) in [6, 6.07) is 3.97. The first-order valence-corrected chi connectivity index (χ1v) is 11.3. The SMILES string of the molecule is CCOC(=O)C1CCN(C(=O)Cn2c(=O)n(-c3cc(F)cc(F)c3)c(=O)c3sccc32)CC1. The Labute approximate surface area is 190 Å². The molecule has 1 aromatic carbocycles. The van der Waals surface area contributed by atoms with Crippen LogP contribution in [0.1, 0.15) is 19.8 Å². The number of amides is 1. The van der Waals surface area contributed by atoms with Gasteiger partial charge in [-0.3, -0.25) is 19.0 Å². The fraction of sp³-hybridized carbons (Fsp3) is 0.364. The van der Waals surface area contributed by atoms with Gasteiger partial charge in [0.15, 0.2) is 0 Å². The first kappa shape index (κ1) is 22.8. The van der Waals surface area contributed by atoms with Gasteiger partial charge < -0.3 is 9.64 Å². The maximum absolute atomic E-state index is 13.8. The molecule has 174 valence electrons. The van der Waals surface area contributed by atoms with Crippen molar-refractivity contribution in [3.05, 3.63) is 62.1 Å². The molecule has 0 aliphatic carbocycles. The van der Waals surface area contributed by atoms with Crippen LogP contribution in [0, 0.1) is 17.6 Å². The second kappa shape index (κ2) is 9.26. The number of thiophene rings is 1. The largest absolute Gasteiger partial charge is 0.466 e. The fourth-order valence-corrected chi connectivity index (χ4v) is 4.82. The fourth-order valence-electron chi connectivity index (χ4n) is 4.00. The summed E-state index contributed by atoms with van der Waals surface area (Å²) in [5.74, 6) is -2.79. The number of hydrogen-bond donors (Lipinski definition) is 0. The lowest BCUT2D eigenvalue weighted by Crippen LogP contribution is -2.45. The van der Waals surface area contributed by atoms with Gasteiger partial charge in [-0.05, 0) is 43.3 Å². The summed E-state index contributed by atoms with van der Waals surface area (Å²) < 4.78 is 34.6. The summed E-state index contributed by atoms with van der Waals surface area (Å²) in [7, 11) is 0. The monoisotopic (exact) mass is 477 g/mol. The van der Waals surface area contributed by atoms with Gasteiger partial charge in [-0.1, -0.05) is 0 Å². The molecule has 3 heterocycles. The van der Waals surface area contributed by atoms with Crippen LogP contribution < -0.4 is 11.2 Å². The standard InChI is InChI=1S/C22H21F2N3O5S/c1-2-32-21(30)13-3-6-25(7-4-13)18(28)12-26-17-5-8-33-19(17)20(29)27(22(26)31)16-10-14(23)9-15(24)11-16/h5,8-11,13H,2-4,6-7,12H2,1H3. The van der Waals surface area contributed by atoms with Crippen LogP contribution in [0.3, 0.4) is 0 Å². The summed E-state index contributed by atoms with van der Waals surface area (Å²) in [6.07, 6.45) is 0.908. The third kappa shape index (κ3) is 4.45. The van der Waals surface area contributed by atoms with Crippen molar-refractivity contribution in [1.82, 2.24) is 14.0 Å². The van der Waals surface area contributed by atoms with Crippen molar-refractivity contribution in [3.63, 3.8) is 0 Å². The van der Waals surface area contributed by atoms with Crippen molar-refractivity contribution in [2.75, 3.05) is 19.7 Å². The number of aromatic nitrogens is 2. The number of fused-ring (bicyclic) bond motifs is 1. The van der Waals surface area contributed by atoms with Crippen LogP contribution >= 0.6 is 11.3 Å². The minimum absolute atomic E-state index is 0.188. The van der Waals surface area contributed by atoms with Crippen LogP contribution in [0.4, 0.5) is 8.78 Å². The quantitative estimate of drug-likeness (QED) is 0.526. The van der Waals surface area contributed by atoms with Crippen LogP contribution in [-0.4, -0.2) is 45.6 Å². The highest BCUT2D eigenvalue weighted by Crippen LogP contribution is 2.21. The van der Waals surface area contributed by atoms with Crippen molar-refractivity contribution in [3.8, 4) is 5.69 Å². The molecule has 1 saturated heterocycles. The lowest BCUT2D eigenvalue weighted by molar-refractivity contribution is -0.151. The number of esters is 1. The summed E-state index contributed by atoms with van der Waals surface area (Å²) >= 11 is 1.07. The zero-order valence-electron chi connectivity index (χ0n) is 17.8. The Hall–Kier alpha value is -3.34. The number of hydrogen-bond acceptors (Lipinski definition) is 6. The molecule has 0 unspecified atom stereocenters. The minimum atomic E-state index is -0.935. The highest BCUT2D eigenvalue weighted by molar-refractivity contribution is 7.17. The number of carbonyl (C=O) groups excluding carboxylic acids is 2. The number of carbonyl (C=O) groups is 2. The van der Waals surface area contributed by atoms with Crippen molar-refractivity contribution in [2.45, 2.75) is 26.3 Å². The molecule has 11 heteroatoms. The molecule has 2 aromatic heterocycles. The van der Waals surface area contributed by atoms with Gasteiger partial charge in [0.1, 0.15) is 22.9 Å². The van der Waals surface area contributed by atoms with E-state index in [1.165, 1.54) is 0 Å². The Morgan fingerprint density at radius 3 is 2.42 bits per heavy atom. The van der Waals surface area contributed by atoms with Crippen molar-refractivity contribution in [2.24, 2.45) is 5.92 Å². The van der Waals surface area contributed by atoms with Crippen LogP contribution in [-0.2, 0) is 20.9 Å². The highest BCUT2D eigenvalue weighted by atomic mass is 32.1. The maximum Gasteiger partial charge on any atom is 0.336 e. The third-order valence-electron chi connectivity index (χ3n) is 5.62. The second-order valence-electron chi connectivity index (χ2n) is 7.68. The van der Waals surface area contributed by atoms with E-state index in [0.717, 1.165) is 28.0 Å². The minimum Gasteiger partial charge on any atom is -0.466 e. The van der Waals surface area contributed by atoms with E-state index in [0.29, 0.717) is 43.2 Å². The molecule has 0 N–H and O–H groups in total. The molecule has 0 radical (unpaired) electrons. The molecule has 33 heavy (non-hydrogen) atoms. The normalized spacial score (nSPS) is 14.6. The molecule has 0 saturated carbocycles. The Morgan fingerprint density at radius 1 is 1.12 bits per heavy atom. The Morgan fingerprint density at radius 2 is 1.79 bits per heavy atom. The van der Waals surface area contributed by atoms with Gasteiger partial charge in [-0.15, -0.1) is 11.3 Å². The molecule has 1 aliphatic rings. The van der Waals surface area contributed by atoms with Crippen molar-refractivity contribution < 1.29 is 23.1 Å². The summed E-state index contributed by atoms with van der Waals surface area (Å²) in [5.41, 5.74) is -1.56. The summed E-state index contributed by atoms with van der Waals surface area (Å²) in [4.78, 5) is 52.6. The van der Waals surface area contributed by atoms with Crippen LogP contribution in [0.2, 0.25) is 0 Å². The third-order valence-corrected chi connectivity index (χ3v) is 6.51. The summed E-state index contributed by atoms with van der Waals surface area (Å²) in [5, 5.41) is 1.60. The van der Waals surface area contributed by atoms with Crippen LogP contribution in [0.25, 0.3) is 15.9 Å². The van der Waals surface area contributed by atoms with E-state index >= 15 is 0 Å². The van der Waals surface area contributed by atoms with E-state index in [1.807, 2.05) is 0 Å². The van der Waals surface area contributed by atoms with Gasteiger partial charge in [0.2, 0.25) is 5.91 Å². The van der Waals surface area contributed by atoms with E-state index in [1.54, 1.807) is 23.3 Å². The molecule has 4 rings (SSSR count). The molecule has 8 nitrogen and oxygen atoms in total. The zero-order chi connectivity index (χ0) is 23.7. The van der Waals surface area contributed by atoms with Gasteiger partial charge in [0.05, 0.1) is 23.7 Å². The number of nitrogens with zero attached hydrogens (tertiary/aromatic N) is 3. The van der Waals surface area contributed by atoms with Gasteiger partial charge in [-0.2, -0.15) is 0 Å². The highest BCUT2D eigenvalue weighted by Gasteiger charge is 2.29. The first-order chi connectivity index (χ1) is 15.8. The molecular weight excluding hydrogens is 456 g/mol. The molecule has 1 amide bonds. The average Bonchev–Trinajstić information content (AvgIpc) is 3.26. The topological polar surface area (TPSA) is 90.6 Å². The van der Waals surface area contributed by atoms with Gasteiger partial charge in [0.25, 0.3) is 5.56 Å². The van der Waals surface area contributed by atoms with Crippen LogP contribution in [0.15, 0.2) is 39.2 Å². The predicted octanol–water partition coefficient (Wildman–Crippen LogP) is 2.29. The Bertz CT molecular complexity index is 1320. The average molecular weight is 477 g/mol. The number of likely N-dealkylation sites (tertiary alicyclic amines) is 1. The number of piperidine rings is 1. The Kier molecular flexibility index (Phi) is 6.41. The zero-order valence-corrected chi connectivity index (χ0v) is 18.6. The first-order valence-electron chi connectivity index (χ1n) is 10.4. The smallest absolute Gasteiger partial charge is 0.336 e. The van der Waals surface area contributed by atoms with E-state index in [4.69, 9.17) is 4.74 Å². The number of ether oxygens (including phenoxy) is 1. The molecular formula is C22H21F2N3O5S. The number of rotatable bonds is 5. The lowest BCUT2D eigenvalue weighted by atomic mass is 9.97. The van der Waals surface area contributed by atoms with Gasteiger partial charge >= 0.3 is 11.7 Å². The van der Waals surface area contributed by atoms with E-state index in [2.05, 4.69) is 0 Å². The van der Waals surface area contributed by atoms with E-state index < -0.39 is 22.9 Å². The van der Waals surface area contributed by atoms with Crippen LogP contribution in [0.5, 0.6) is 0 Å². The molecule has 0 spiro atoms. The molecule has 3 aromatic rings. The number of benzene rings is 1. The summed E-state index contributed by atoms with van der Waals surface area (Å²) in [6.45, 7) is 2.34. The molecule has 0 bridgehead atoms. The molecule has 1 aliphatic heterocycles. The number of halogens is 2. The van der Waals surface area contributed by atoms with Crippen molar-refractivity contribution in [1.29, 1.82) is 0 Å². The van der Waals surface area contributed by atoms with Gasteiger partial charge in [0, 0.05) is 19.2 Å². The molecule has 0 atom stereocenters. The van der Waals surface area contributed by atoms with Crippen molar-refractivity contribution >= 4 is 33.4 Å². The lowest BCUT2D eigenvalue weighted by Gasteiger charge is -2.31. The second-order valence-corrected chi connectivity index (χ2v) is 8.60. The van der Waals surface area contributed by atoms with E-state index in [9.17, 15) is 28.0 Å². The Balaban J connectivity index is 1.66. The molecule has 1 fully saturated rings. The predicted molar refractivity (Wildman–Crippen MR) is 118 cm³/mol. The van der Waals surface area contributed by atoms with Gasteiger partial charge in [-0.25, -0.2) is 18.1 Å². The maximum atomic E-state index is 13.8. The van der Waals surface area contributed by atoms with E-state index in [-0.39, 0.29) is 40.2 Å².